The Labute approximate surface area is 82.3 Å². The minimum atomic E-state index is -3.22. The molecule has 0 aromatic heterocycles. The molecule has 3 nitrogen and oxygen atoms in total. The molecule has 1 fully saturated rings. The monoisotopic (exact) mass is 229 g/mol. The Morgan fingerprint density at radius 1 is 1.58 bits per heavy atom. The number of thioether (sulfide) groups is 1. The third-order valence-corrected chi connectivity index (χ3v) is 4.71. The molecule has 1 aliphatic rings. The van der Waals surface area contributed by atoms with Crippen LogP contribution in [0.2, 0.25) is 0 Å². The average Bonchev–Trinajstić information content (AvgIpc) is 2.06. The lowest BCUT2D eigenvalue weighted by molar-refractivity contribution is 0.547. The maximum atomic E-state index is 11.0. The SMILES string of the molecule is O=S(=O)(CCl)NC1CCCSC1. The maximum Gasteiger partial charge on any atom is 0.225 e. The molecule has 1 atom stereocenters. The first-order valence-electron chi connectivity index (χ1n) is 3.78. The van der Waals surface area contributed by atoms with E-state index in [9.17, 15) is 8.42 Å². The molecule has 0 aliphatic carbocycles. The molecule has 0 aromatic carbocycles. The predicted octanol–water partition coefficient (Wildman–Crippen LogP) is 0.998. The standard InChI is InChI=1S/C6H12ClNO2S2/c7-5-12(9,10)8-6-2-1-3-11-4-6/h6,8H,1-5H2. The van der Waals surface area contributed by atoms with Crippen LogP contribution in [0.4, 0.5) is 0 Å². The summed E-state index contributed by atoms with van der Waals surface area (Å²) < 4.78 is 24.6. The topological polar surface area (TPSA) is 46.2 Å². The van der Waals surface area contributed by atoms with E-state index in [0.717, 1.165) is 24.3 Å². The molecule has 1 heterocycles. The van der Waals surface area contributed by atoms with E-state index in [1.54, 1.807) is 11.8 Å². The fraction of sp³-hybridized carbons (Fsp3) is 1.00. The number of halogens is 1. The number of alkyl halides is 1. The summed E-state index contributed by atoms with van der Waals surface area (Å²) in [6, 6.07) is 0.0903. The Morgan fingerprint density at radius 2 is 2.33 bits per heavy atom. The zero-order chi connectivity index (χ0) is 9.03. The summed E-state index contributed by atoms with van der Waals surface area (Å²) in [5.74, 6) is 2.01. The van der Waals surface area contributed by atoms with Gasteiger partial charge in [0, 0.05) is 11.8 Å². The lowest BCUT2D eigenvalue weighted by Gasteiger charge is -2.21. The van der Waals surface area contributed by atoms with Gasteiger partial charge in [-0.15, -0.1) is 11.6 Å². The summed E-state index contributed by atoms with van der Waals surface area (Å²) in [7, 11) is -3.22. The normalized spacial score (nSPS) is 25.6. The van der Waals surface area contributed by atoms with E-state index in [-0.39, 0.29) is 11.3 Å². The zero-order valence-electron chi connectivity index (χ0n) is 6.62. The molecule has 1 unspecified atom stereocenters. The second-order valence-electron chi connectivity index (χ2n) is 2.76. The molecule has 0 radical (unpaired) electrons. The Morgan fingerprint density at radius 3 is 2.83 bits per heavy atom. The Balaban J connectivity index is 2.39. The molecular weight excluding hydrogens is 218 g/mol. The van der Waals surface area contributed by atoms with Gasteiger partial charge in [0.25, 0.3) is 0 Å². The molecule has 0 bridgehead atoms. The summed E-state index contributed by atoms with van der Waals surface area (Å²) in [5, 5.41) is -0.339. The predicted molar refractivity (Wildman–Crippen MR) is 53.1 cm³/mol. The van der Waals surface area contributed by atoms with Crippen LogP contribution in [0, 0.1) is 0 Å². The highest BCUT2D eigenvalue weighted by Gasteiger charge is 2.19. The molecule has 6 heteroatoms. The van der Waals surface area contributed by atoms with Crippen LogP contribution in [0.1, 0.15) is 12.8 Å². The van der Waals surface area contributed by atoms with Crippen molar-refractivity contribution in [3.63, 3.8) is 0 Å². The van der Waals surface area contributed by atoms with Gasteiger partial charge in [0.15, 0.2) is 0 Å². The van der Waals surface area contributed by atoms with Crippen molar-refractivity contribution in [1.82, 2.24) is 4.72 Å². The van der Waals surface area contributed by atoms with Crippen LogP contribution < -0.4 is 4.72 Å². The largest absolute Gasteiger partial charge is 0.225 e. The fourth-order valence-electron chi connectivity index (χ4n) is 1.12. The number of nitrogens with one attached hydrogen (secondary N) is 1. The molecule has 0 amide bonds. The summed E-state index contributed by atoms with van der Waals surface area (Å²) in [6.45, 7) is 0. The molecule has 0 aromatic rings. The maximum absolute atomic E-state index is 11.0. The van der Waals surface area contributed by atoms with Gasteiger partial charge in [0.2, 0.25) is 10.0 Å². The van der Waals surface area contributed by atoms with Gasteiger partial charge in [0.05, 0.1) is 0 Å². The number of sulfonamides is 1. The molecule has 72 valence electrons. The van der Waals surface area contributed by atoms with Gasteiger partial charge in [-0.05, 0) is 18.6 Å². The fourth-order valence-corrected chi connectivity index (χ4v) is 3.26. The molecule has 1 N–H and O–H groups in total. The third-order valence-electron chi connectivity index (χ3n) is 1.65. The van der Waals surface area contributed by atoms with Gasteiger partial charge >= 0.3 is 0 Å². The van der Waals surface area contributed by atoms with Gasteiger partial charge in [0.1, 0.15) is 5.21 Å². The van der Waals surface area contributed by atoms with Crippen LogP contribution in [0.3, 0.4) is 0 Å². The second-order valence-corrected chi connectivity index (χ2v) is 6.24. The van der Waals surface area contributed by atoms with Crippen LogP contribution in [-0.4, -0.2) is 31.2 Å². The summed E-state index contributed by atoms with van der Waals surface area (Å²) in [5.41, 5.74) is 0. The van der Waals surface area contributed by atoms with Crippen molar-refractivity contribution >= 4 is 33.4 Å². The van der Waals surface area contributed by atoms with Crippen LogP contribution in [-0.2, 0) is 10.0 Å². The number of hydrogen-bond donors (Lipinski definition) is 1. The first kappa shape index (κ1) is 10.6. The second kappa shape index (κ2) is 4.69. The Kier molecular flexibility index (Phi) is 4.16. The van der Waals surface area contributed by atoms with Crippen molar-refractivity contribution in [2.75, 3.05) is 16.7 Å². The first-order chi connectivity index (χ1) is 5.64. The lowest BCUT2D eigenvalue weighted by Crippen LogP contribution is -2.38. The highest BCUT2D eigenvalue weighted by Crippen LogP contribution is 2.17. The Hall–Kier alpha value is 0.550. The molecule has 12 heavy (non-hydrogen) atoms. The Bertz CT molecular complexity index is 224. The van der Waals surface area contributed by atoms with E-state index in [0.29, 0.717) is 0 Å². The van der Waals surface area contributed by atoms with Crippen LogP contribution in [0.15, 0.2) is 0 Å². The molecular formula is C6H12ClNO2S2. The van der Waals surface area contributed by atoms with Gasteiger partial charge < -0.3 is 0 Å². The average molecular weight is 230 g/mol. The van der Waals surface area contributed by atoms with Crippen molar-refractivity contribution in [3.8, 4) is 0 Å². The van der Waals surface area contributed by atoms with E-state index in [4.69, 9.17) is 11.6 Å². The highest BCUT2D eigenvalue weighted by molar-refractivity contribution is 7.99. The van der Waals surface area contributed by atoms with Gasteiger partial charge in [-0.1, -0.05) is 0 Å². The lowest BCUT2D eigenvalue weighted by atomic mass is 10.2. The van der Waals surface area contributed by atoms with Crippen LogP contribution in [0.25, 0.3) is 0 Å². The minimum Gasteiger partial charge on any atom is -0.211 e. The zero-order valence-corrected chi connectivity index (χ0v) is 9.01. The smallest absolute Gasteiger partial charge is 0.211 e. The van der Waals surface area contributed by atoms with E-state index < -0.39 is 10.0 Å². The molecule has 1 rings (SSSR count). The van der Waals surface area contributed by atoms with Crippen molar-refractivity contribution in [2.45, 2.75) is 18.9 Å². The van der Waals surface area contributed by atoms with Crippen molar-refractivity contribution in [1.29, 1.82) is 0 Å². The highest BCUT2D eigenvalue weighted by atomic mass is 35.5. The van der Waals surface area contributed by atoms with Crippen LogP contribution >= 0.6 is 23.4 Å². The van der Waals surface area contributed by atoms with E-state index in [1.807, 2.05) is 0 Å². The van der Waals surface area contributed by atoms with Crippen molar-refractivity contribution < 1.29 is 8.42 Å². The summed E-state index contributed by atoms with van der Waals surface area (Å²) in [4.78, 5) is 0. The molecule has 1 saturated heterocycles. The summed E-state index contributed by atoms with van der Waals surface area (Å²) in [6.07, 6.45) is 2.02. The number of rotatable bonds is 3. The quantitative estimate of drug-likeness (QED) is 0.735. The summed E-state index contributed by atoms with van der Waals surface area (Å²) >= 11 is 7.04. The first-order valence-corrected chi connectivity index (χ1v) is 7.12. The molecule has 1 aliphatic heterocycles. The molecule has 0 saturated carbocycles. The van der Waals surface area contributed by atoms with Gasteiger partial charge in [-0.25, -0.2) is 13.1 Å². The van der Waals surface area contributed by atoms with Crippen molar-refractivity contribution in [2.24, 2.45) is 0 Å². The van der Waals surface area contributed by atoms with Crippen LogP contribution in [0.5, 0.6) is 0 Å². The molecule has 0 spiro atoms. The van der Waals surface area contributed by atoms with E-state index in [1.165, 1.54) is 0 Å². The van der Waals surface area contributed by atoms with Gasteiger partial charge in [-0.2, -0.15) is 11.8 Å². The van der Waals surface area contributed by atoms with Gasteiger partial charge in [-0.3, -0.25) is 0 Å². The third kappa shape index (κ3) is 3.51. The van der Waals surface area contributed by atoms with E-state index >= 15 is 0 Å². The number of hydrogen-bond acceptors (Lipinski definition) is 3. The van der Waals surface area contributed by atoms with E-state index in [2.05, 4.69) is 4.72 Å². The van der Waals surface area contributed by atoms with Crippen molar-refractivity contribution in [3.05, 3.63) is 0 Å². The minimum absolute atomic E-state index is 0.0903.